The molecule has 5 heteroatoms. The molecule has 0 fully saturated rings. The SMILES string of the molecule is CCCCCNC(=O)C(C)Oc1c(F)cccc1CO. The number of aliphatic hydroxyl groups excluding tert-OH is 1. The molecule has 1 atom stereocenters. The first kappa shape index (κ1) is 16.4. The van der Waals surface area contributed by atoms with Crippen LogP contribution in [-0.2, 0) is 11.4 Å². The summed E-state index contributed by atoms with van der Waals surface area (Å²) < 4.78 is 19.0. The molecule has 0 saturated heterocycles. The quantitative estimate of drug-likeness (QED) is 0.720. The zero-order valence-electron chi connectivity index (χ0n) is 12.0. The topological polar surface area (TPSA) is 58.6 Å². The molecule has 20 heavy (non-hydrogen) atoms. The van der Waals surface area contributed by atoms with Crippen LogP contribution < -0.4 is 10.1 Å². The number of benzene rings is 1. The number of carbonyl (C=O) groups is 1. The van der Waals surface area contributed by atoms with E-state index >= 15 is 0 Å². The van der Waals surface area contributed by atoms with Crippen LogP contribution in [-0.4, -0.2) is 23.7 Å². The van der Waals surface area contributed by atoms with Gasteiger partial charge in [0.25, 0.3) is 5.91 Å². The van der Waals surface area contributed by atoms with E-state index < -0.39 is 11.9 Å². The lowest BCUT2D eigenvalue weighted by Gasteiger charge is -2.17. The molecule has 1 amide bonds. The zero-order valence-corrected chi connectivity index (χ0v) is 12.0. The van der Waals surface area contributed by atoms with E-state index in [0.29, 0.717) is 12.1 Å². The lowest BCUT2D eigenvalue weighted by molar-refractivity contribution is -0.127. The number of hydrogen-bond acceptors (Lipinski definition) is 3. The fourth-order valence-corrected chi connectivity index (χ4v) is 1.77. The van der Waals surface area contributed by atoms with E-state index in [2.05, 4.69) is 12.2 Å². The second-order valence-electron chi connectivity index (χ2n) is 4.64. The van der Waals surface area contributed by atoms with Crippen molar-refractivity contribution >= 4 is 5.91 Å². The molecule has 0 radical (unpaired) electrons. The molecule has 112 valence electrons. The molecule has 0 saturated carbocycles. The number of nitrogens with one attached hydrogen (secondary N) is 1. The lowest BCUT2D eigenvalue weighted by atomic mass is 10.2. The van der Waals surface area contributed by atoms with Crippen molar-refractivity contribution in [1.82, 2.24) is 5.32 Å². The summed E-state index contributed by atoms with van der Waals surface area (Å²) in [6.45, 7) is 3.90. The van der Waals surface area contributed by atoms with Crippen LogP contribution in [0.15, 0.2) is 18.2 Å². The van der Waals surface area contributed by atoms with Crippen LogP contribution in [0.4, 0.5) is 4.39 Å². The number of amides is 1. The molecule has 0 aliphatic rings. The Bertz CT molecular complexity index is 437. The Morgan fingerprint density at radius 3 is 2.85 bits per heavy atom. The Morgan fingerprint density at radius 1 is 1.45 bits per heavy atom. The van der Waals surface area contributed by atoms with Crippen molar-refractivity contribution < 1.29 is 19.0 Å². The summed E-state index contributed by atoms with van der Waals surface area (Å²) in [5, 5.41) is 11.9. The van der Waals surface area contributed by atoms with Gasteiger partial charge in [-0.25, -0.2) is 4.39 Å². The Kier molecular flexibility index (Phi) is 7.01. The van der Waals surface area contributed by atoms with Gasteiger partial charge >= 0.3 is 0 Å². The molecule has 0 aliphatic carbocycles. The predicted molar refractivity (Wildman–Crippen MR) is 74.9 cm³/mol. The van der Waals surface area contributed by atoms with Crippen molar-refractivity contribution in [1.29, 1.82) is 0 Å². The van der Waals surface area contributed by atoms with E-state index in [1.165, 1.54) is 12.1 Å². The summed E-state index contributed by atoms with van der Waals surface area (Å²) in [6.07, 6.45) is 2.24. The normalized spacial score (nSPS) is 12.0. The number of carbonyl (C=O) groups excluding carboxylic acids is 1. The minimum absolute atomic E-state index is 0.0637. The van der Waals surface area contributed by atoms with Crippen LogP contribution in [0, 0.1) is 5.82 Å². The highest BCUT2D eigenvalue weighted by Crippen LogP contribution is 2.23. The molecule has 0 heterocycles. The lowest BCUT2D eigenvalue weighted by Crippen LogP contribution is -2.37. The molecular weight excluding hydrogens is 261 g/mol. The molecule has 1 aromatic rings. The molecular formula is C15H22FNO3. The number of ether oxygens (including phenoxy) is 1. The smallest absolute Gasteiger partial charge is 0.260 e. The average molecular weight is 283 g/mol. The third kappa shape index (κ3) is 4.81. The van der Waals surface area contributed by atoms with Crippen molar-refractivity contribution in [3.63, 3.8) is 0 Å². The minimum atomic E-state index is -0.807. The van der Waals surface area contributed by atoms with Gasteiger partial charge in [-0.2, -0.15) is 0 Å². The van der Waals surface area contributed by atoms with E-state index in [4.69, 9.17) is 9.84 Å². The van der Waals surface area contributed by atoms with Crippen molar-refractivity contribution in [3.8, 4) is 5.75 Å². The molecule has 0 aromatic heterocycles. The highest BCUT2D eigenvalue weighted by atomic mass is 19.1. The van der Waals surface area contributed by atoms with Gasteiger partial charge in [0, 0.05) is 12.1 Å². The van der Waals surface area contributed by atoms with Gasteiger partial charge in [0.1, 0.15) is 0 Å². The largest absolute Gasteiger partial charge is 0.477 e. The van der Waals surface area contributed by atoms with Gasteiger partial charge in [-0.05, 0) is 19.4 Å². The summed E-state index contributed by atoms with van der Waals surface area (Å²) in [4.78, 5) is 11.8. The molecule has 1 rings (SSSR count). The second kappa shape index (κ2) is 8.53. The number of halogens is 1. The fraction of sp³-hybridized carbons (Fsp3) is 0.533. The standard InChI is InChI=1S/C15H22FNO3/c1-3-4-5-9-17-15(19)11(2)20-14-12(10-18)7-6-8-13(14)16/h6-8,11,18H,3-5,9-10H2,1-2H3,(H,17,19). The third-order valence-corrected chi connectivity index (χ3v) is 2.96. The highest BCUT2D eigenvalue weighted by Gasteiger charge is 2.18. The van der Waals surface area contributed by atoms with Crippen molar-refractivity contribution in [2.75, 3.05) is 6.54 Å². The van der Waals surface area contributed by atoms with Gasteiger partial charge in [-0.15, -0.1) is 0 Å². The minimum Gasteiger partial charge on any atom is -0.477 e. The summed E-state index contributed by atoms with van der Waals surface area (Å²) in [7, 11) is 0. The average Bonchev–Trinajstić information content (AvgIpc) is 2.45. The summed E-state index contributed by atoms with van der Waals surface area (Å²) in [5.41, 5.74) is 0.329. The van der Waals surface area contributed by atoms with Crippen LogP contribution in [0.5, 0.6) is 5.75 Å². The molecule has 1 aromatic carbocycles. The van der Waals surface area contributed by atoms with Crippen molar-refractivity contribution in [2.45, 2.75) is 45.8 Å². The first-order valence-electron chi connectivity index (χ1n) is 6.92. The maximum Gasteiger partial charge on any atom is 0.260 e. The first-order valence-corrected chi connectivity index (χ1v) is 6.92. The number of aliphatic hydroxyl groups is 1. The van der Waals surface area contributed by atoms with Gasteiger partial charge in [0.15, 0.2) is 17.7 Å². The number of unbranched alkanes of at least 4 members (excludes halogenated alkanes) is 2. The Morgan fingerprint density at radius 2 is 2.20 bits per heavy atom. The summed E-state index contributed by atoms with van der Waals surface area (Å²) >= 11 is 0. The first-order chi connectivity index (χ1) is 9.60. The molecule has 0 aliphatic heterocycles. The van der Waals surface area contributed by atoms with Gasteiger partial charge in [0.2, 0.25) is 0 Å². The van der Waals surface area contributed by atoms with Crippen molar-refractivity contribution in [2.24, 2.45) is 0 Å². The van der Waals surface area contributed by atoms with Crippen LogP contribution in [0.2, 0.25) is 0 Å². The highest BCUT2D eigenvalue weighted by molar-refractivity contribution is 5.80. The number of rotatable bonds is 8. The van der Waals surface area contributed by atoms with Gasteiger partial charge < -0.3 is 15.2 Å². The van der Waals surface area contributed by atoms with Gasteiger partial charge in [-0.3, -0.25) is 4.79 Å². The Hall–Kier alpha value is -1.62. The maximum atomic E-state index is 13.6. The molecule has 0 spiro atoms. The number of para-hydroxylation sites is 1. The monoisotopic (exact) mass is 283 g/mol. The molecule has 1 unspecified atom stereocenters. The van der Waals surface area contributed by atoms with Crippen LogP contribution in [0.3, 0.4) is 0 Å². The summed E-state index contributed by atoms with van der Waals surface area (Å²) in [6, 6.07) is 4.29. The van der Waals surface area contributed by atoms with Gasteiger partial charge in [0.05, 0.1) is 6.61 Å². The Balaban J connectivity index is 2.57. The van der Waals surface area contributed by atoms with E-state index in [-0.39, 0.29) is 18.3 Å². The van der Waals surface area contributed by atoms with E-state index in [9.17, 15) is 9.18 Å². The molecule has 0 bridgehead atoms. The summed E-state index contributed by atoms with van der Waals surface area (Å²) in [5.74, 6) is -0.929. The van der Waals surface area contributed by atoms with Crippen LogP contribution >= 0.6 is 0 Å². The van der Waals surface area contributed by atoms with E-state index in [0.717, 1.165) is 19.3 Å². The van der Waals surface area contributed by atoms with Crippen LogP contribution in [0.25, 0.3) is 0 Å². The van der Waals surface area contributed by atoms with Gasteiger partial charge in [-0.1, -0.05) is 31.9 Å². The zero-order chi connectivity index (χ0) is 15.0. The van der Waals surface area contributed by atoms with Crippen LogP contribution in [0.1, 0.15) is 38.7 Å². The molecule has 2 N–H and O–H groups in total. The maximum absolute atomic E-state index is 13.6. The predicted octanol–water partition coefficient (Wildman–Crippen LogP) is 2.39. The third-order valence-electron chi connectivity index (χ3n) is 2.96. The van der Waals surface area contributed by atoms with E-state index in [1.54, 1.807) is 13.0 Å². The van der Waals surface area contributed by atoms with Crippen molar-refractivity contribution in [3.05, 3.63) is 29.6 Å². The second-order valence-corrected chi connectivity index (χ2v) is 4.64. The molecule has 4 nitrogen and oxygen atoms in total. The Labute approximate surface area is 119 Å². The van der Waals surface area contributed by atoms with E-state index in [1.807, 2.05) is 0 Å². The number of hydrogen-bond donors (Lipinski definition) is 2. The fourth-order valence-electron chi connectivity index (χ4n) is 1.77.